The van der Waals surface area contributed by atoms with Gasteiger partial charge in [-0.05, 0) is 37.3 Å². The van der Waals surface area contributed by atoms with Gasteiger partial charge in [0.2, 0.25) is 5.95 Å². The quantitative estimate of drug-likeness (QED) is 0.499. The van der Waals surface area contributed by atoms with Crippen LogP contribution in [-0.4, -0.2) is 107 Å². The van der Waals surface area contributed by atoms with Crippen molar-refractivity contribution in [1.82, 2.24) is 24.8 Å². The van der Waals surface area contributed by atoms with Crippen molar-refractivity contribution in [3.63, 3.8) is 0 Å². The molecule has 0 spiro atoms. The number of aromatic nitrogens is 2. The third-order valence-electron chi connectivity index (χ3n) is 7.09. The van der Waals surface area contributed by atoms with Crippen LogP contribution in [0.1, 0.15) is 39.0 Å². The summed E-state index contributed by atoms with van der Waals surface area (Å²) in [4.78, 5) is 45.0. The fraction of sp³-hybridized carbons (Fsp3) is 0.810. The number of hydrogen-bond acceptors (Lipinski definition) is 9. The fourth-order valence-electron chi connectivity index (χ4n) is 5.14. The Morgan fingerprint density at radius 1 is 1.12 bits per heavy atom. The zero-order valence-corrected chi connectivity index (χ0v) is 19.1. The van der Waals surface area contributed by atoms with E-state index >= 15 is 0 Å². The molecule has 3 saturated heterocycles. The van der Waals surface area contributed by atoms with Gasteiger partial charge in [0.1, 0.15) is 0 Å². The molecule has 3 fully saturated rings. The van der Waals surface area contributed by atoms with Gasteiger partial charge in [-0.1, -0.05) is 12.8 Å². The molecule has 0 aliphatic carbocycles. The van der Waals surface area contributed by atoms with Crippen LogP contribution in [0, 0.1) is 5.92 Å². The summed E-state index contributed by atoms with van der Waals surface area (Å²) in [5.41, 5.74) is 0. The number of carbonyl (C=O) groups excluding carboxylic acids is 1. The van der Waals surface area contributed by atoms with E-state index in [-0.39, 0.29) is 24.9 Å². The Bertz CT molecular complexity index is 857. The lowest BCUT2D eigenvalue weighted by Crippen LogP contribution is -2.54. The Morgan fingerprint density at radius 3 is 2.48 bits per heavy atom. The van der Waals surface area contributed by atoms with Crippen LogP contribution in [-0.2, 0) is 9.53 Å². The van der Waals surface area contributed by atoms with E-state index in [4.69, 9.17) is 9.84 Å². The highest BCUT2D eigenvalue weighted by atomic mass is 16.6. The number of nitrogens with zero attached hydrogens (tertiary/aromatic N) is 5. The minimum Gasteiger partial charge on any atom is -0.480 e. The number of piperidine rings is 1. The number of cyclic esters (lactones) is 1. The number of aliphatic carboxylic acids is 1. The first kappa shape index (κ1) is 23.6. The molecule has 4 heterocycles. The number of H-pyrrole nitrogens is 1. The number of carbonyl (C=O) groups is 2. The Hall–Kier alpha value is -2.60. The van der Waals surface area contributed by atoms with E-state index in [1.165, 1.54) is 0 Å². The lowest BCUT2D eigenvalue weighted by atomic mass is 9.91. The average Bonchev–Trinajstić information content (AvgIpc) is 3.35. The number of hydrogen-bond donors (Lipinski definition) is 2. The predicted octanol–water partition coefficient (Wildman–Crippen LogP) is 0.619. The highest BCUT2D eigenvalue weighted by Crippen LogP contribution is 2.26. The molecule has 12 heteroatoms. The SMILES string of the molecule is CC1C(N2CCN(CC(=O)O)CC2)OC(=O)N1CCCCC1CCN(c2noc(=O)[nH]2)CC1. The molecule has 2 unspecified atom stereocenters. The van der Waals surface area contributed by atoms with Gasteiger partial charge in [0, 0.05) is 45.8 Å². The fourth-order valence-corrected chi connectivity index (χ4v) is 5.14. The number of carboxylic acid groups (broad SMARTS) is 1. The van der Waals surface area contributed by atoms with Crippen molar-refractivity contribution in [2.45, 2.75) is 51.3 Å². The van der Waals surface area contributed by atoms with Crippen LogP contribution in [0.5, 0.6) is 0 Å². The number of aromatic amines is 1. The van der Waals surface area contributed by atoms with Crippen LogP contribution in [0.2, 0.25) is 0 Å². The predicted molar refractivity (Wildman–Crippen MR) is 118 cm³/mol. The van der Waals surface area contributed by atoms with Gasteiger partial charge in [0.25, 0.3) is 0 Å². The lowest BCUT2D eigenvalue weighted by Gasteiger charge is -2.37. The Morgan fingerprint density at radius 2 is 1.85 bits per heavy atom. The molecule has 1 aromatic heterocycles. The molecule has 4 rings (SSSR count). The van der Waals surface area contributed by atoms with Crippen molar-refractivity contribution in [2.24, 2.45) is 5.92 Å². The van der Waals surface area contributed by atoms with E-state index in [2.05, 4.69) is 19.6 Å². The molecule has 33 heavy (non-hydrogen) atoms. The summed E-state index contributed by atoms with van der Waals surface area (Å²) in [7, 11) is 0. The molecule has 184 valence electrons. The summed E-state index contributed by atoms with van der Waals surface area (Å²) in [6.45, 7) is 7.20. The number of carboxylic acids is 1. The standard InChI is InChI=1S/C21H34N6O6/c1-15-18(25-12-10-24(11-13-25)14-17(28)29)32-21(31)27(15)7-3-2-4-16-5-8-26(9-6-16)19-22-20(30)33-23-19/h15-16,18H,2-14H2,1H3,(H,28,29)(H,22,23,30). The number of nitrogens with one attached hydrogen (secondary N) is 1. The molecule has 1 aromatic rings. The van der Waals surface area contributed by atoms with Crippen molar-refractivity contribution < 1.29 is 24.0 Å². The van der Waals surface area contributed by atoms with Crippen LogP contribution in [0.3, 0.4) is 0 Å². The highest BCUT2D eigenvalue weighted by molar-refractivity contribution is 5.70. The van der Waals surface area contributed by atoms with Crippen molar-refractivity contribution in [2.75, 3.05) is 57.3 Å². The van der Waals surface area contributed by atoms with Gasteiger partial charge in [-0.25, -0.2) is 9.59 Å². The minimum atomic E-state index is -0.813. The maximum atomic E-state index is 12.5. The molecule has 0 bridgehead atoms. The summed E-state index contributed by atoms with van der Waals surface area (Å²) in [6.07, 6.45) is 4.69. The second kappa shape index (κ2) is 10.6. The van der Waals surface area contributed by atoms with Crippen LogP contribution in [0.15, 0.2) is 9.32 Å². The molecule has 12 nitrogen and oxygen atoms in total. The number of ether oxygens (including phenoxy) is 1. The second-order valence-corrected chi connectivity index (χ2v) is 9.26. The third-order valence-corrected chi connectivity index (χ3v) is 7.09. The smallest absolute Gasteiger partial charge is 0.440 e. The average molecular weight is 467 g/mol. The summed E-state index contributed by atoms with van der Waals surface area (Å²) in [5, 5.41) is 12.7. The van der Waals surface area contributed by atoms with Gasteiger partial charge in [-0.3, -0.25) is 24.1 Å². The normalized spacial score (nSPS) is 25.5. The van der Waals surface area contributed by atoms with Gasteiger partial charge in [-0.2, -0.15) is 0 Å². The zero-order valence-electron chi connectivity index (χ0n) is 19.1. The summed E-state index contributed by atoms with van der Waals surface area (Å²) < 4.78 is 10.3. The van der Waals surface area contributed by atoms with Crippen LogP contribution < -0.4 is 10.7 Å². The van der Waals surface area contributed by atoms with Gasteiger partial charge < -0.3 is 19.6 Å². The molecule has 0 saturated carbocycles. The second-order valence-electron chi connectivity index (χ2n) is 9.26. The molecular formula is C21H34N6O6. The number of amides is 1. The third kappa shape index (κ3) is 5.85. The van der Waals surface area contributed by atoms with Gasteiger partial charge in [-0.15, -0.1) is 0 Å². The van der Waals surface area contributed by atoms with E-state index < -0.39 is 11.7 Å². The van der Waals surface area contributed by atoms with E-state index in [0.29, 0.717) is 44.6 Å². The molecule has 3 aliphatic heterocycles. The summed E-state index contributed by atoms with van der Waals surface area (Å²) >= 11 is 0. The Kier molecular flexibility index (Phi) is 7.53. The summed E-state index contributed by atoms with van der Waals surface area (Å²) in [6, 6.07) is -0.0172. The Balaban J connectivity index is 1.14. The van der Waals surface area contributed by atoms with E-state index in [0.717, 1.165) is 45.2 Å². The monoisotopic (exact) mass is 466 g/mol. The van der Waals surface area contributed by atoms with E-state index in [9.17, 15) is 14.4 Å². The van der Waals surface area contributed by atoms with Crippen LogP contribution >= 0.6 is 0 Å². The summed E-state index contributed by atoms with van der Waals surface area (Å²) in [5.74, 6) is -0.188. The van der Waals surface area contributed by atoms with Gasteiger partial charge in [0.05, 0.1) is 12.6 Å². The first-order valence-electron chi connectivity index (χ1n) is 11.9. The zero-order chi connectivity index (χ0) is 23.4. The highest BCUT2D eigenvalue weighted by Gasteiger charge is 2.42. The number of anilines is 1. The number of unbranched alkanes of at least 4 members (excludes halogenated alkanes) is 1. The molecule has 2 N–H and O–H groups in total. The van der Waals surface area contributed by atoms with Crippen LogP contribution in [0.4, 0.5) is 10.7 Å². The Labute approximate surface area is 192 Å². The van der Waals surface area contributed by atoms with Gasteiger partial charge in [0.15, 0.2) is 6.23 Å². The van der Waals surface area contributed by atoms with Crippen molar-refractivity contribution in [3.8, 4) is 0 Å². The van der Waals surface area contributed by atoms with Crippen molar-refractivity contribution >= 4 is 18.0 Å². The molecular weight excluding hydrogens is 432 g/mol. The first-order valence-corrected chi connectivity index (χ1v) is 11.9. The van der Waals surface area contributed by atoms with Crippen LogP contribution in [0.25, 0.3) is 0 Å². The topological polar surface area (TPSA) is 135 Å². The van der Waals surface area contributed by atoms with E-state index in [1.807, 2.05) is 21.6 Å². The number of piperazine rings is 1. The molecule has 1 amide bonds. The maximum Gasteiger partial charge on any atom is 0.440 e. The van der Waals surface area contributed by atoms with Gasteiger partial charge >= 0.3 is 17.8 Å². The molecule has 0 radical (unpaired) electrons. The first-order chi connectivity index (χ1) is 15.9. The molecule has 0 aromatic carbocycles. The van der Waals surface area contributed by atoms with Crippen molar-refractivity contribution in [3.05, 3.63) is 10.6 Å². The maximum absolute atomic E-state index is 12.5. The number of rotatable bonds is 9. The molecule has 3 aliphatic rings. The van der Waals surface area contributed by atoms with Crippen molar-refractivity contribution in [1.29, 1.82) is 0 Å². The van der Waals surface area contributed by atoms with E-state index in [1.54, 1.807) is 0 Å². The largest absolute Gasteiger partial charge is 0.480 e. The lowest BCUT2D eigenvalue weighted by molar-refractivity contribution is -0.139. The molecule has 2 atom stereocenters. The minimum absolute atomic E-state index is 0.0172.